The number of thiol groups is 3. The summed E-state index contributed by atoms with van der Waals surface area (Å²) in [6.07, 6.45) is 1.26. The van der Waals surface area contributed by atoms with Crippen LogP contribution in [0.4, 0.5) is 0 Å². The van der Waals surface area contributed by atoms with Gasteiger partial charge < -0.3 is 18.9 Å². The molecule has 0 aliphatic carbocycles. The summed E-state index contributed by atoms with van der Waals surface area (Å²) in [4.78, 5) is 47.3. The van der Waals surface area contributed by atoms with E-state index in [0.29, 0.717) is 23.7 Å². The van der Waals surface area contributed by atoms with E-state index < -0.39 is 23.3 Å². The van der Waals surface area contributed by atoms with Crippen LogP contribution in [0.5, 0.6) is 0 Å². The van der Waals surface area contributed by atoms with Crippen LogP contribution in [0.3, 0.4) is 0 Å². The van der Waals surface area contributed by atoms with Crippen molar-refractivity contribution in [1.29, 1.82) is 0 Å². The minimum Gasteiger partial charge on any atom is -0.465 e. The molecule has 0 atom stereocenters. The molecule has 0 spiro atoms. The summed E-state index contributed by atoms with van der Waals surface area (Å²) in [5, 5.41) is 0. The fraction of sp³-hybridized carbons (Fsp3) is 0.789. The van der Waals surface area contributed by atoms with Crippen molar-refractivity contribution in [2.24, 2.45) is 5.41 Å². The van der Waals surface area contributed by atoms with E-state index in [1.54, 1.807) is 0 Å². The van der Waals surface area contributed by atoms with Crippen molar-refractivity contribution in [3.8, 4) is 0 Å². The normalized spacial score (nSPS) is 11.1. The summed E-state index contributed by atoms with van der Waals surface area (Å²) >= 11 is 12.0. The van der Waals surface area contributed by atoms with Gasteiger partial charge in [0.25, 0.3) is 0 Å². The Labute approximate surface area is 194 Å². The molecule has 0 aromatic rings. The Kier molecular flexibility index (Phi) is 17.2. The van der Waals surface area contributed by atoms with Gasteiger partial charge >= 0.3 is 17.9 Å². The summed E-state index contributed by atoms with van der Waals surface area (Å²) < 4.78 is 21.4. The SMILES string of the molecule is CCCC(=O)OCC(COCC(=O)CCS)(COC(=O)CCS)COC(=O)CCS. The minimum absolute atomic E-state index is 0.0928. The Morgan fingerprint density at radius 2 is 1.10 bits per heavy atom. The van der Waals surface area contributed by atoms with E-state index in [1.807, 2.05) is 6.92 Å². The highest BCUT2D eigenvalue weighted by molar-refractivity contribution is 7.80. The Morgan fingerprint density at radius 1 is 0.667 bits per heavy atom. The van der Waals surface area contributed by atoms with E-state index in [9.17, 15) is 19.2 Å². The zero-order valence-corrected chi connectivity index (χ0v) is 20.0. The molecule has 0 saturated heterocycles. The topological polar surface area (TPSA) is 105 Å². The zero-order chi connectivity index (χ0) is 22.8. The number of hydrogen-bond acceptors (Lipinski definition) is 11. The molecule has 0 unspecified atom stereocenters. The summed E-state index contributed by atoms with van der Waals surface area (Å²) in [5.41, 5.74) is -1.15. The average molecular weight is 485 g/mol. The third-order valence-corrected chi connectivity index (χ3v) is 4.44. The summed E-state index contributed by atoms with van der Waals surface area (Å²) in [7, 11) is 0. The van der Waals surface area contributed by atoms with Gasteiger partial charge in [0, 0.05) is 24.3 Å². The second kappa shape index (κ2) is 17.7. The number of Topliss-reactive ketones (excluding diaryl/α,β-unsaturated/α-hetero) is 1. The van der Waals surface area contributed by atoms with Crippen molar-refractivity contribution < 1.29 is 38.1 Å². The van der Waals surface area contributed by atoms with Crippen LogP contribution in [0.25, 0.3) is 0 Å². The number of carbonyl (C=O) groups excluding carboxylic acids is 4. The molecule has 0 N–H and O–H groups in total. The average Bonchev–Trinajstić information content (AvgIpc) is 2.70. The van der Waals surface area contributed by atoms with Gasteiger partial charge in [0.1, 0.15) is 26.4 Å². The monoisotopic (exact) mass is 484 g/mol. The molecule has 0 amide bonds. The summed E-state index contributed by atoms with van der Waals surface area (Å²) in [6, 6.07) is 0. The van der Waals surface area contributed by atoms with Crippen molar-refractivity contribution in [3.63, 3.8) is 0 Å². The van der Waals surface area contributed by atoms with Crippen LogP contribution in [-0.2, 0) is 38.1 Å². The molecule has 0 radical (unpaired) electrons. The third kappa shape index (κ3) is 14.2. The van der Waals surface area contributed by atoms with Gasteiger partial charge in [-0.1, -0.05) is 6.92 Å². The van der Waals surface area contributed by atoms with Crippen LogP contribution < -0.4 is 0 Å². The fourth-order valence-corrected chi connectivity index (χ4v) is 2.75. The van der Waals surface area contributed by atoms with Gasteiger partial charge in [-0.2, -0.15) is 37.9 Å². The maximum absolute atomic E-state index is 11.9. The van der Waals surface area contributed by atoms with Crippen LogP contribution in [0, 0.1) is 5.41 Å². The molecule has 0 aliphatic heterocycles. The largest absolute Gasteiger partial charge is 0.465 e. The lowest BCUT2D eigenvalue weighted by Crippen LogP contribution is -2.44. The van der Waals surface area contributed by atoms with E-state index in [0.717, 1.165) is 0 Å². The predicted octanol–water partition coefficient (Wildman–Crippen LogP) is 1.95. The van der Waals surface area contributed by atoms with E-state index in [2.05, 4.69) is 37.9 Å². The Bertz CT molecular complexity index is 487. The molecular weight excluding hydrogens is 452 g/mol. The molecule has 0 heterocycles. The first kappa shape index (κ1) is 29.1. The quantitative estimate of drug-likeness (QED) is 0.154. The summed E-state index contributed by atoms with van der Waals surface area (Å²) in [5.74, 6) is -0.571. The van der Waals surface area contributed by atoms with Crippen LogP contribution in [-0.4, -0.2) is 74.0 Å². The standard InChI is InChI=1S/C19H32O8S3/c1-2-3-16(21)25-12-19(13-26-17(22)5-8-29,14-27-18(23)6-9-30)11-24-10-15(20)4-7-28/h28-30H,2-14H2,1H3. The molecule has 0 aliphatic rings. The van der Waals surface area contributed by atoms with Gasteiger partial charge in [-0.3, -0.25) is 19.2 Å². The lowest BCUT2D eigenvalue weighted by molar-refractivity contribution is -0.168. The molecule has 8 nitrogen and oxygen atoms in total. The van der Waals surface area contributed by atoms with E-state index in [-0.39, 0.29) is 64.5 Å². The number of ether oxygens (including phenoxy) is 4. The molecule has 174 valence electrons. The molecule has 30 heavy (non-hydrogen) atoms. The van der Waals surface area contributed by atoms with Crippen molar-refractivity contribution in [2.75, 3.05) is 50.3 Å². The number of ketones is 1. The Morgan fingerprint density at radius 3 is 1.50 bits per heavy atom. The Balaban J connectivity index is 5.31. The minimum atomic E-state index is -1.15. The van der Waals surface area contributed by atoms with Gasteiger partial charge in [-0.05, 0) is 12.2 Å². The smallest absolute Gasteiger partial charge is 0.306 e. The van der Waals surface area contributed by atoms with Crippen molar-refractivity contribution in [3.05, 3.63) is 0 Å². The van der Waals surface area contributed by atoms with Crippen molar-refractivity contribution in [2.45, 2.75) is 39.0 Å². The van der Waals surface area contributed by atoms with Crippen molar-refractivity contribution in [1.82, 2.24) is 0 Å². The highest BCUT2D eigenvalue weighted by Crippen LogP contribution is 2.22. The first-order valence-electron chi connectivity index (χ1n) is 9.71. The van der Waals surface area contributed by atoms with Crippen LogP contribution >= 0.6 is 37.9 Å². The molecule has 0 rings (SSSR count). The molecule has 0 bridgehead atoms. The molecule has 11 heteroatoms. The first-order valence-corrected chi connectivity index (χ1v) is 11.6. The van der Waals surface area contributed by atoms with Gasteiger partial charge in [0.15, 0.2) is 5.78 Å². The van der Waals surface area contributed by atoms with Crippen LogP contribution in [0.15, 0.2) is 0 Å². The highest BCUT2D eigenvalue weighted by Gasteiger charge is 2.36. The molecule has 0 aromatic carbocycles. The lowest BCUT2D eigenvalue weighted by Gasteiger charge is -2.32. The van der Waals surface area contributed by atoms with Crippen molar-refractivity contribution >= 4 is 61.6 Å². The maximum atomic E-state index is 11.9. The van der Waals surface area contributed by atoms with E-state index in [1.165, 1.54) is 0 Å². The molecule has 0 fully saturated rings. The van der Waals surface area contributed by atoms with Gasteiger partial charge in [-0.25, -0.2) is 0 Å². The first-order chi connectivity index (χ1) is 14.3. The zero-order valence-electron chi connectivity index (χ0n) is 17.3. The van der Waals surface area contributed by atoms with E-state index in [4.69, 9.17) is 18.9 Å². The molecular formula is C19H32O8S3. The van der Waals surface area contributed by atoms with E-state index >= 15 is 0 Å². The second-order valence-corrected chi connectivity index (χ2v) is 8.03. The summed E-state index contributed by atoms with van der Waals surface area (Å²) in [6.45, 7) is 0.910. The molecule has 0 aromatic heterocycles. The highest BCUT2D eigenvalue weighted by atomic mass is 32.1. The van der Waals surface area contributed by atoms with Gasteiger partial charge in [0.05, 0.1) is 24.9 Å². The number of hydrogen-bond donors (Lipinski definition) is 3. The van der Waals surface area contributed by atoms with Gasteiger partial charge in [0.2, 0.25) is 0 Å². The second-order valence-electron chi connectivity index (χ2n) is 6.68. The van der Waals surface area contributed by atoms with Crippen LogP contribution in [0.1, 0.15) is 39.0 Å². The maximum Gasteiger partial charge on any atom is 0.306 e. The third-order valence-electron chi connectivity index (χ3n) is 3.77. The number of esters is 3. The number of rotatable bonds is 18. The van der Waals surface area contributed by atoms with Crippen LogP contribution in [0.2, 0.25) is 0 Å². The lowest BCUT2D eigenvalue weighted by atomic mass is 9.92. The molecule has 0 saturated carbocycles. The predicted molar refractivity (Wildman–Crippen MR) is 121 cm³/mol. The van der Waals surface area contributed by atoms with Gasteiger partial charge in [-0.15, -0.1) is 0 Å². The Hall–Kier alpha value is -0.910. The fourth-order valence-electron chi connectivity index (χ4n) is 2.13. The number of carbonyl (C=O) groups is 4.